The van der Waals surface area contributed by atoms with Crippen LogP contribution in [0.1, 0.15) is 25.0 Å². The van der Waals surface area contributed by atoms with Gasteiger partial charge in [0.1, 0.15) is 6.10 Å². The molecule has 1 aromatic carbocycles. The summed E-state index contributed by atoms with van der Waals surface area (Å²) in [6.45, 7) is 1.49. The van der Waals surface area contributed by atoms with Crippen LogP contribution in [0.5, 0.6) is 0 Å². The van der Waals surface area contributed by atoms with E-state index in [2.05, 4.69) is 4.98 Å². The number of thiazole rings is 1. The predicted octanol–water partition coefficient (Wildman–Crippen LogP) is 2.36. The molecule has 2 atom stereocenters. The third kappa shape index (κ3) is 3.76. The number of rotatable bonds is 5. The minimum atomic E-state index is -0.946. The fraction of sp³-hybridized carbons (Fsp3) is 0.385. The van der Waals surface area contributed by atoms with Gasteiger partial charge in [-0.2, -0.15) is 0 Å². The number of aliphatic hydroxyl groups excluding tert-OH is 2. The van der Waals surface area contributed by atoms with Crippen molar-refractivity contribution >= 4 is 38.4 Å². The van der Waals surface area contributed by atoms with Gasteiger partial charge in [-0.25, -0.2) is 4.98 Å². The molecule has 0 fully saturated rings. The normalized spacial score (nSPS) is 14.5. The van der Waals surface area contributed by atoms with Crippen molar-refractivity contribution in [1.82, 2.24) is 4.98 Å². The van der Waals surface area contributed by atoms with Gasteiger partial charge in [0.25, 0.3) is 0 Å². The average molecular weight is 297 g/mol. The van der Waals surface area contributed by atoms with E-state index in [9.17, 15) is 15.0 Å². The second-order valence-corrected chi connectivity index (χ2v) is 6.38. The van der Waals surface area contributed by atoms with Crippen molar-refractivity contribution in [2.75, 3.05) is 5.75 Å². The van der Waals surface area contributed by atoms with Gasteiger partial charge in [0.2, 0.25) is 0 Å². The highest BCUT2D eigenvalue weighted by Crippen LogP contribution is 2.25. The number of hydrogen-bond acceptors (Lipinski definition) is 6. The van der Waals surface area contributed by atoms with Crippen molar-refractivity contribution in [3.63, 3.8) is 0 Å². The molecule has 2 aromatic rings. The van der Waals surface area contributed by atoms with E-state index in [0.717, 1.165) is 22.0 Å². The number of fused-ring (bicyclic) bond motifs is 1. The second kappa shape index (κ2) is 6.47. The van der Waals surface area contributed by atoms with Crippen molar-refractivity contribution in [1.29, 1.82) is 0 Å². The van der Waals surface area contributed by atoms with E-state index in [1.807, 2.05) is 6.07 Å². The van der Waals surface area contributed by atoms with Crippen LogP contribution < -0.4 is 0 Å². The van der Waals surface area contributed by atoms with Crippen molar-refractivity contribution in [2.24, 2.45) is 0 Å². The third-order valence-corrected chi connectivity index (χ3v) is 4.44. The van der Waals surface area contributed by atoms with Gasteiger partial charge in [-0.05, 0) is 24.1 Å². The number of thioether (sulfide) groups is 1. The number of carbonyl (C=O) groups excluding carboxylic acids is 1. The molecule has 0 aliphatic heterocycles. The summed E-state index contributed by atoms with van der Waals surface area (Å²) in [6.07, 6.45) is -1.44. The first-order chi connectivity index (χ1) is 9.08. The highest BCUT2D eigenvalue weighted by atomic mass is 32.2. The lowest BCUT2D eigenvalue weighted by Crippen LogP contribution is -2.19. The summed E-state index contributed by atoms with van der Waals surface area (Å²) in [4.78, 5) is 15.0. The molecule has 102 valence electrons. The molecule has 2 rings (SSSR count). The van der Waals surface area contributed by atoms with E-state index in [-0.39, 0.29) is 5.12 Å². The molecule has 0 bridgehead atoms. The number of benzene rings is 1. The number of aliphatic hydroxyl groups is 2. The Labute approximate surface area is 119 Å². The molecule has 0 aliphatic rings. The zero-order valence-corrected chi connectivity index (χ0v) is 12.1. The Bertz CT molecular complexity index is 570. The maximum atomic E-state index is 10.8. The average Bonchev–Trinajstić information content (AvgIpc) is 2.84. The van der Waals surface area contributed by atoms with Crippen molar-refractivity contribution in [3.8, 4) is 0 Å². The van der Waals surface area contributed by atoms with Gasteiger partial charge in [0.05, 0.1) is 21.8 Å². The molecule has 0 saturated heterocycles. The smallest absolute Gasteiger partial charge is 0.185 e. The first-order valence-corrected chi connectivity index (χ1v) is 7.77. The number of nitrogens with zero attached hydrogens (tertiary/aromatic N) is 1. The predicted molar refractivity (Wildman–Crippen MR) is 78.3 cm³/mol. The van der Waals surface area contributed by atoms with Gasteiger partial charge >= 0.3 is 0 Å². The summed E-state index contributed by atoms with van der Waals surface area (Å²) in [7, 11) is 0. The van der Waals surface area contributed by atoms with Crippen LogP contribution in [0.4, 0.5) is 0 Å². The van der Waals surface area contributed by atoms with E-state index in [1.165, 1.54) is 18.3 Å². The van der Waals surface area contributed by atoms with Crippen LogP contribution in [0, 0.1) is 0 Å². The Morgan fingerprint density at radius 3 is 3.00 bits per heavy atom. The van der Waals surface area contributed by atoms with E-state index in [4.69, 9.17) is 0 Å². The molecule has 4 nitrogen and oxygen atoms in total. The molecule has 6 heteroatoms. The Kier molecular flexibility index (Phi) is 4.93. The van der Waals surface area contributed by atoms with Crippen molar-refractivity contribution in [2.45, 2.75) is 25.6 Å². The summed E-state index contributed by atoms with van der Waals surface area (Å²) < 4.78 is 1.05. The molecule has 0 saturated carbocycles. The lowest BCUT2D eigenvalue weighted by Gasteiger charge is -2.17. The Morgan fingerprint density at radius 1 is 1.47 bits per heavy atom. The SMILES string of the molecule is CC(=O)SCCC(O)C(O)c1ccc2scnc2c1. The summed E-state index contributed by atoms with van der Waals surface area (Å²) in [5.74, 6) is 0.506. The number of aromatic nitrogens is 1. The monoisotopic (exact) mass is 297 g/mol. The zero-order valence-electron chi connectivity index (χ0n) is 10.4. The molecule has 19 heavy (non-hydrogen) atoms. The Balaban J connectivity index is 2.01. The minimum absolute atomic E-state index is 0.0191. The minimum Gasteiger partial charge on any atom is -0.390 e. The topological polar surface area (TPSA) is 70.4 Å². The van der Waals surface area contributed by atoms with Crippen molar-refractivity contribution < 1.29 is 15.0 Å². The molecule has 0 radical (unpaired) electrons. The van der Waals surface area contributed by atoms with Crippen LogP contribution in [0.15, 0.2) is 23.7 Å². The van der Waals surface area contributed by atoms with Crippen LogP contribution >= 0.6 is 23.1 Å². The maximum Gasteiger partial charge on any atom is 0.185 e. The molecule has 1 heterocycles. The standard InChI is InChI=1S/C13H15NO3S2/c1-8(15)18-5-4-11(16)13(17)9-2-3-12-10(6-9)14-7-19-12/h2-3,6-7,11,13,16-17H,4-5H2,1H3. The first kappa shape index (κ1) is 14.5. The molecule has 0 amide bonds. The fourth-order valence-corrected chi connectivity index (χ4v) is 3.07. The van der Waals surface area contributed by atoms with Crippen molar-refractivity contribution in [3.05, 3.63) is 29.3 Å². The molecule has 2 unspecified atom stereocenters. The van der Waals surface area contributed by atoms with Gasteiger partial charge < -0.3 is 10.2 Å². The summed E-state index contributed by atoms with van der Waals surface area (Å²) in [5, 5.41) is 20.0. The van der Waals surface area contributed by atoms with E-state index in [1.54, 1.807) is 17.6 Å². The van der Waals surface area contributed by atoms with Crippen LogP contribution in [-0.4, -0.2) is 32.2 Å². The molecular weight excluding hydrogens is 282 g/mol. The molecule has 1 aromatic heterocycles. The molecule has 0 spiro atoms. The fourth-order valence-electron chi connectivity index (χ4n) is 1.76. The molecule has 2 N–H and O–H groups in total. The highest BCUT2D eigenvalue weighted by molar-refractivity contribution is 8.13. The second-order valence-electron chi connectivity index (χ2n) is 4.22. The lowest BCUT2D eigenvalue weighted by molar-refractivity contribution is -0.109. The van der Waals surface area contributed by atoms with Crippen LogP contribution in [0.3, 0.4) is 0 Å². The van der Waals surface area contributed by atoms with Gasteiger partial charge in [0.15, 0.2) is 5.12 Å². The van der Waals surface area contributed by atoms with Gasteiger partial charge in [-0.15, -0.1) is 11.3 Å². The Morgan fingerprint density at radius 2 is 2.26 bits per heavy atom. The molecular formula is C13H15NO3S2. The van der Waals surface area contributed by atoms with Gasteiger partial charge in [0, 0.05) is 12.7 Å². The zero-order chi connectivity index (χ0) is 13.8. The van der Waals surface area contributed by atoms with Crippen LogP contribution in [0.2, 0.25) is 0 Å². The lowest BCUT2D eigenvalue weighted by atomic mass is 10.0. The Hall–Kier alpha value is -0.950. The van der Waals surface area contributed by atoms with E-state index in [0.29, 0.717) is 17.7 Å². The quantitative estimate of drug-likeness (QED) is 0.886. The highest BCUT2D eigenvalue weighted by Gasteiger charge is 2.19. The third-order valence-electron chi connectivity index (χ3n) is 2.78. The summed E-state index contributed by atoms with van der Waals surface area (Å²) in [5.41, 5.74) is 3.23. The van der Waals surface area contributed by atoms with Gasteiger partial charge in [-0.3, -0.25) is 4.79 Å². The van der Waals surface area contributed by atoms with E-state index < -0.39 is 12.2 Å². The first-order valence-electron chi connectivity index (χ1n) is 5.90. The van der Waals surface area contributed by atoms with Crippen LogP contribution in [0.25, 0.3) is 10.2 Å². The van der Waals surface area contributed by atoms with Crippen LogP contribution in [-0.2, 0) is 4.79 Å². The summed E-state index contributed by atoms with van der Waals surface area (Å²) in [6, 6.07) is 5.48. The molecule has 0 aliphatic carbocycles. The maximum absolute atomic E-state index is 10.8. The number of hydrogen-bond donors (Lipinski definition) is 2. The largest absolute Gasteiger partial charge is 0.390 e. The summed E-state index contributed by atoms with van der Waals surface area (Å²) >= 11 is 2.69. The van der Waals surface area contributed by atoms with Gasteiger partial charge in [-0.1, -0.05) is 17.8 Å². The van der Waals surface area contributed by atoms with E-state index >= 15 is 0 Å². The number of carbonyl (C=O) groups is 1.